The largest absolute Gasteiger partial charge is 0.444 e. The molecule has 180 valence electrons. The summed E-state index contributed by atoms with van der Waals surface area (Å²) in [6.07, 6.45) is 0.564. The Morgan fingerprint density at radius 3 is 1.88 bits per heavy atom. The molecule has 0 bridgehead atoms. The van der Waals surface area contributed by atoms with Gasteiger partial charge in [0.2, 0.25) is 0 Å². The van der Waals surface area contributed by atoms with Crippen molar-refractivity contribution >= 4 is 24.8 Å². The standard InChI is InChI=1S/C27H39NO4Si/c1-8-15-23(28-25(30)32-26(2,3)4)24(29)20-31-33(27(5,6)7,21-16-11-9-12-17-21)22-18-13-10-14-19-22/h8-14,16-19,23-24,29H,1,15,20H2,2-7H3,(H,28,30)/t23-,24+/m1/s1. The van der Waals surface area contributed by atoms with E-state index in [1.54, 1.807) is 26.8 Å². The van der Waals surface area contributed by atoms with Crippen LogP contribution in [-0.2, 0) is 9.16 Å². The zero-order valence-electron chi connectivity index (χ0n) is 20.8. The summed E-state index contributed by atoms with van der Waals surface area (Å²) in [6, 6.07) is 19.9. The van der Waals surface area contributed by atoms with Gasteiger partial charge in [-0.3, -0.25) is 0 Å². The number of rotatable bonds is 9. The van der Waals surface area contributed by atoms with Gasteiger partial charge in [0.15, 0.2) is 0 Å². The molecule has 0 aliphatic rings. The minimum Gasteiger partial charge on any atom is -0.444 e. The van der Waals surface area contributed by atoms with Crippen molar-refractivity contribution in [1.29, 1.82) is 0 Å². The number of ether oxygens (including phenoxy) is 1. The minimum atomic E-state index is -2.79. The first-order valence-electron chi connectivity index (χ1n) is 11.4. The van der Waals surface area contributed by atoms with Crippen LogP contribution in [0, 0.1) is 0 Å². The van der Waals surface area contributed by atoms with Crippen molar-refractivity contribution in [3.05, 3.63) is 73.3 Å². The van der Waals surface area contributed by atoms with Gasteiger partial charge in [-0.2, -0.15) is 0 Å². The van der Waals surface area contributed by atoms with Crippen LogP contribution in [0.5, 0.6) is 0 Å². The van der Waals surface area contributed by atoms with E-state index in [1.165, 1.54) is 0 Å². The van der Waals surface area contributed by atoms with E-state index < -0.39 is 32.2 Å². The van der Waals surface area contributed by atoms with Gasteiger partial charge in [-0.1, -0.05) is 87.5 Å². The highest BCUT2D eigenvalue weighted by Crippen LogP contribution is 2.36. The summed E-state index contributed by atoms with van der Waals surface area (Å²) in [4.78, 5) is 12.3. The SMILES string of the molecule is C=CC[C@@H](NC(=O)OC(C)(C)C)[C@@H](O)CO[Si](c1ccccc1)(c1ccccc1)C(C)(C)C. The highest BCUT2D eigenvalue weighted by molar-refractivity contribution is 6.99. The molecule has 0 saturated carbocycles. The number of benzene rings is 2. The monoisotopic (exact) mass is 469 g/mol. The third-order valence-corrected chi connectivity index (χ3v) is 10.5. The van der Waals surface area contributed by atoms with Crippen LogP contribution >= 0.6 is 0 Å². The van der Waals surface area contributed by atoms with Gasteiger partial charge in [-0.15, -0.1) is 6.58 Å². The van der Waals surface area contributed by atoms with Crippen molar-refractivity contribution in [2.24, 2.45) is 0 Å². The minimum absolute atomic E-state index is 0.0710. The summed E-state index contributed by atoms with van der Waals surface area (Å²) in [7, 11) is -2.79. The Kier molecular flexibility index (Phi) is 9.06. The van der Waals surface area contributed by atoms with Gasteiger partial charge in [0, 0.05) is 0 Å². The first-order chi connectivity index (χ1) is 15.4. The maximum absolute atomic E-state index is 12.3. The fourth-order valence-corrected chi connectivity index (χ4v) is 8.62. The molecule has 2 rings (SSSR count). The number of aliphatic hydroxyl groups excluding tert-OH is 1. The average Bonchev–Trinajstić information content (AvgIpc) is 2.73. The topological polar surface area (TPSA) is 67.8 Å². The molecule has 1 amide bonds. The molecule has 0 aliphatic carbocycles. The molecule has 0 unspecified atom stereocenters. The molecule has 2 aromatic rings. The van der Waals surface area contributed by atoms with Gasteiger partial charge in [0.25, 0.3) is 8.32 Å². The number of carbonyl (C=O) groups excluding carboxylic acids is 1. The zero-order valence-corrected chi connectivity index (χ0v) is 21.8. The van der Waals surface area contributed by atoms with Crippen LogP contribution in [0.2, 0.25) is 5.04 Å². The molecule has 0 aromatic heterocycles. The van der Waals surface area contributed by atoms with Crippen LogP contribution in [-0.4, -0.2) is 43.9 Å². The predicted octanol–water partition coefficient (Wildman–Crippen LogP) is 4.39. The summed E-state index contributed by atoms with van der Waals surface area (Å²) in [5.41, 5.74) is -0.626. The van der Waals surface area contributed by atoms with Crippen molar-refractivity contribution in [3.63, 3.8) is 0 Å². The number of amides is 1. The molecule has 2 N–H and O–H groups in total. The van der Waals surface area contributed by atoms with Crippen molar-refractivity contribution in [2.45, 2.75) is 70.7 Å². The average molecular weight is 470 g/mol. The molecular formula is C27H39NO4Si. The second kappa shape index (κ2) is 11.1. The van der Waals surface area contributed by atoms with E-state index in [9.17, 15) is 9.90 Å². The van der Waals surface area contributed by atoms with E-state index in [0.29, 0.717) is 6.42 Å². The van der Waals surface area contributed by atoms with Gasteiger partial charge in [-0.25, -0.2) is 4.79 Å². The number of nitrogens with one attached hydrogen (secondary N) is 1. The third kappa shape index (κ3) is 7.03. The van der Waals surface area contributed by atoms with E-state index in [2.05, 4.69) is 56.9 Å². The predicted molar refractivity (Wildman–Crippen MR) is 138 cm³/mol. The summed E-state index contributed by atoms with van der Waals surface area (Å²) in [5, 5.41) is 15.9. The quantitative estimate of drug-likeness (QED) is 0.422. The summed E-state index contributed by atoms with van der Waals surface area (Å²) in [6.45, 7) is 15.8. The normalized spacial score (nSPS) is 14.3. The molecule has 0 aliphatic heterocycles. The lowest BCUT2D eigenvalue weighted by atomic mass is 10.1. The first kappa shape index (κ1) is 26.8. The van der Waals surface area contributed by atoms with Gasteiger partial charge in [0.1, 0.15) is 5.60 Å². The zero-order chi connectivity index (χ0) is 24.7. The van der Waals surface area contributed by atoms with Crippen LogP contribution in [0.15, 0.2) is 73.3 Å². The molecule has 0 spiro atoms. The van der Waals surface area contributed by atoms with Crippen LogP contribution in [0.25, 0.3) is 0 Å². The molecule has 0 radical (unpaired) electrons. The van der Waals surface area contributed by atoms with Gasteiger partial charge in [-0.05, 0) is 42.6 Å². The van der Waals surface area contributed by atoms with E-state index in [1.807, 2.05) is 36.4 Å². The number of carbonyl (C=O) groups is 1. The fraction of sp³-hybridized carbons (Fsp3) is 0.444. The Morgan fingerprint density at radius 1 is 1.00 bits per heavy atom. The fourth-order valence-electron chi connectivity index (χ4n) is 4.04. The first-order valence-corrected chi connectivity index (χ1v) is 13.3. The smallest absolute Gasteiger partial charge is 0.407 e. The Hall–Kier alpha value is -2.41. The number of hydrogen-bond acceptors (Lipinski definition) is 4. The summed E-state index contributed by atoms with van der Waals surface area (Å²) >= 11 is 0. The second-order valence-electron chi connectivity index (χ2n) is 10.3. The van der Waals surface area contributed by atoms with Gasteiger partial charge >= 0.3 is 6.09 Å². The van der Waals surface area contributed by atoms with Crippen molar-refractivity contribution in [1.82, 2.24) is 5.32 Å². The van der Waals surface area contributed by atoms with Gasteiger partial charge in [0.05, 0.1) is 18.8 Å². The molecule has 0 saturated heterocycles. The van der Waals surface area contributed by atoms with Crippen LogP contribution in [0.1, 0.15) is 48.0 Å². The number of alkyl carbamates (subject to hydrolysis) is 1. The van der Waals surface area contributed by atoms with Crippen molar-refractivity contribution < 1.29 is 19.1 Å². The molecular weight excluding hydrogens is 430 g/mol. The lowest BCUT2D eigenvalue weighted by Gasteiger charge is -2.43. The van der Waals surface area contributed by atoms with Crippen molar-refractivity contribution in [2.75, 3.05) is 6.61 Å². The second-order valence-corrected chi connectivity index (χ2v) is 14.6. The third-order valence-electron chi connectivity index (χ3n) is 5.47. The Morgan fingerprint density at radius 2 is 1.48 bits per heavy atom. The number of hydrogen-bond donors (Lipinski definition) is 2. The molecule has 5 nitrogen and oxygen atoms in total. The highest BCUT2D eigenvalue weighted by Gasteiger charge is 2.50. The van der Waals surface area contributed by atoms with Crippen LogP contribution < -0.4 is 15.7 Å². The van der Waals surface area contributed by atoms with Crippen LogP contribution in [0.3, 0.4) is 0 Å². The maximum atomic E-state index is 12.3. The number of aliphatic hydroxyl groups is 1. The van der Waals surface area contributed by atoms with Crippen LogP contribution in [0.4, 0.5) is 4.79 Å². The van der Waals surface area contributed by atoms with E-state index in [0.717, 1.165) is 10.4 Å². The Labute approximate surface area is 200 Å². The summed E-state index contributed by atoms with van der Waals surface area (Å²) < 4.78 is 12.2. The van der Waals surface area contributed by atoms with E-state index in [-0.39, 0.29) is 11.6 Å². The molecule has 2 atom stereocenters. The summed E-state index contributed by atoms with van der Waals surface area (Å²) in [5.74, 6) is 0. The van der Waals surface area contributed by atoms with Crippen molar-refractivity contribution in [3.8, 4) is 0 Å². The van der Waals surface area contributed by atoms with Gasteiger partial charge < -0.3 is 19.6 Å². The molecule has 0 heterocycles. The Bertz CT molecular complexity index is 848. The lowest BCUT2D eigenvalue weighted by Crippen LogP contribution is -2.67. The maximum Gasteiger partial charge on any atom is 0.407 e. The highest BCUT2D eigenvalue weighted by atomic mass is 28.4. The molecule has 2 aromatic carbocycles. The van der Waals surface area contributed by atoms with E-state index >= 15 is 0 Å². The molecule has 6 heteroatoms. The van der Waals surface area contributed by atoms with E-state index in [4.69, 9.17) is 9.16 Å². The Balaban J connectivity index is 2.36. The molecule has 0 fully saturated rings. The lowest BCUT2D eigenvalue weighted by molar-refractivity contribution is 0.0342. The molecule has 33 heavy (non-hydrogen) atoms.